The van der Waals surface area contributed by atoms with Crippen LogP contribution in [0.2, 0.25) is 0 Å². The molecule has 2 heteroatoms. The van der Waals surface area contributed by atoms with E-state index < -0.39 is 0 Å². The van der Waals surface area contributed by atoms with Gasteiger partial charge in [-0.15, -0.1) is 0 Å². The van der Waals surface area contributed by atoms with Crippen molar-refractivity contribution in [1.82, 2.24) is 0 Å². The molecule has 1 aromatic carbocycles. The zero-order chi connectivity index (χ0) is 7.40. The van der Waals surface area contributed by atoms with E-state index in [9.17, 15) is 0 Å². The average Bonchev–Trinajstić information content (AvgIpc) is 2.05. The van der Waals surface area contributed by atoms with Crippen LogP contribution in [0.25, 0.3) is 0 Å². The van der Waals surface area contributed by atoms with Crippen LogP contribution in [-0.2, 0) is 4.65 Å². The molecule has 0 amide bonds. The molecular weight excluding hydrogens is 123 g/mol. The van der Waals surface area contributed by atoms with E-state index in [4.69, 9.17) is 4.65 Å². The summed E-state index contributed by atoms with van der Waals surface area (Å²) in [5, 5.41) is 0. The molecule has 0 saturated heterocycles. The fourth-order valence-corrected chi connectivity index (χ4v) is 0.860. The van der Waals surface area contributed by atoms with Gasteiger partial charge in [0, 0.05) is 0 Å². The topological polar surface area (TPSA) is 9.23 Å². The maximum absolute atomic E-state index is 5.14. The molecule has 0 aliphatic carbocycles. The molecule has 0 saturated carbocycles. The highest BCUT2D eigenvalue weighted by Gasteiger charge is 1.98. The highest BCUT2D eigenvalue weighted by molar-refractivity contribution is 5.98. The number of hydrogen-bond acceptors (Lipinski definition) is 1. The van der Waals surface area contributed by atoms with Gasteiger partial charge in [0.25, 0.3) is 8.05 Å². The third kappa shape index (κ3) is 1.61. The van der Waals surface area contributed by atoms with E-state index in [1.54, 1.807) is 8.05 Å². The highest BCUT2D eigenvalue weighted by Crippen LogP contribution is 2.13. The maximum Gasteiger partial charge on any atom is 0.258 e. The zero-order valence-electron chi connectivity index (χ0n) is 6.37. The van der Waals surface area contributed by atoms with Crippen molar-refractivity contribution in [3.63, 3.8) is 0 Å². The van der Waals surface area contributed by atoms with Gasteiger partial charge in [-0.05, 0) is 12.5 Å². The molecule has 1 nitrogen and oxygen atoms in total. The van der Waals surface area contributed by atoms with Gasteiger partial charge in [0.05, 0.1) is 6.10 Å². The summed E-state index contributed by atoms with van der Waals surface area (Å²) in [6.07, 6.45) is 0.209. The first kappa shape index (κ1) is 7.35. The summed E-state index contributed by atoms with van der Waals surface area (Å²) in [5.41, 5.74) is 1.23. The minimum Gasteiger partial charge on any atom is -0.438 e. The lowest BCUT2D eigenvalue weighted by atomic mass is 10.1. The third-order valence-corrected chi connectivity index (χ3v) is 1.62. The maximum atomic E-state index is 5.14. The van der Waals surface area contributed by atoms with Crippen molar-refractivity contribution in [2.45, 2.75) is 13.0 Å². The van der Waals surface area contributed by atoms with Gasteiger partial charge in [-0.25, -0.2) is 0 Å². The fraction of sp³-hybridized carbons (Fsp3) is 0.250. The summed E-state index contributed by atoms with van der Waals surface area (Å²) in [6.45, 7) is 2.04. The molecule has 0 aliphatic rings. The third-order valence-electron chi connectivity index (χ3n) is 1.62. The van der Waals surface area contributed by atoms with Crippen molar-refractivity contribution < 1.29 is 4.65 Å². The highest BCUT2D eigenvalue weighted by atomic mass is 16.4. The van der Waals surface area contributed by atoms with Crippen LogP contribution in [-0.4, -0.2) is 8.05 Å². The predicted molar refractivity (Wildman–Crippen MR) is 44.5 cm³/mol. The summed E-state index contributed by atoms with van der Waals surface area (Å²) in [7, 11) is 1.72. The Morgan fingerprint density at radius 3 is 2.40 bits per heavy atom. The molecule has 1 atom stereocenters. The minimum absolute atomic E-state index is 0.209. The van der Waals surface area contributed by atoms with Crippen LogP contribution in [0.4, 0.5) is 0 Å². The van der Waals surface area contributed by atoms with Crippen molar-refractivity contribution in [1.29, 1.82) is 0 Å². The van der Waals surface area contributed by atoms with Crippen LogP contribution in [0.3, 0.4) is 0 Å². The molecule has 0 unspecified atom stereocenters. The number of benzene rings is 1. The lowest BCUT2D eigenvalue weighted by Crippen LogP contribution is -1.95. The monoisotopic (exact) mass is 134 g/mol. The van der Waals surface area contributed by atoms with Crippen LogP contribution >= 0.6 is 0 Å². The predicted octanol–water partition coefficient (Wildman–Crippen LogP) is 1.31. The molecule has 0 spiro atoms. The second-order valence-electron chi connectivity index (χ2n) is 2.29. The molecule has 1 rings (SSSR count). The Morgan fingerprint density at radius 2 is 1.90 bits per heavy atom. The first-order valence-corrected chi connectivity index (χ1v) is 3.42. The second kappa shape index (κ2) is 3.42. The van der Waals surface area contributed by atoms with Gasteiger partial charge in [0.15, 0.2) is 0 Å². The van der Waals surface area contributed by atoms with Crippen LogP contribution < -0.4 is 0 Å². The van der Waals surface area contributed by atoms with Gasteiger partial charge >= 0.3 is 0 Å². The molecule has 0 aliphatic heterocycles. The second-order valence-corrected chi connectivity index (χ2v) is 2.29. The van der Waals surface area contributed by atoms with E-state index >= 15 is 0 Å². The normalized spacial score (nSPS) is 12.9. The van der Waals surface area contributed by atoms with Gasteiger partial charge in [0.2, 0.25) is 0 Å². The minimum atomic E-state index is 0.209. The van der Waals surface area contributed by atoms with Crippen molar-refractivity contribution in [3.8, 4) is 0 Å². The SMILES string of the molecule is BO[C@H](C)c1ccccc1. The molecule has 10 heavy (non-hydrogen) atoms. The van der Waals surface area contributed by atoms with Gasteiger partial charge in [-0.2, -0.15) is 0 Å². The summed E-state index contributed by atoms with van der Waals surface area (Å²) in [6, 6.07) is 10.2. The fourth-order valence-electron chi connectivity index (χ4n) is 0.860. The van der Waals surface area contributed by atoms with Crippen LogP contribution in [0.5, 0.6) is 0 Å². The molecule has 0 fully saturated rings. The van der Waals surface area contributed by atoms with Crippen LogP contribution in [0.1, 0.15) is 18.6 Å². The Labute approximate surface area is 62.5 Å². The molecule has 0 radical (unpaired) electrons. The lowest BCUT2D eigenvalue weighted by molar-refractivity contribution is 0.251. The Kier molecular flexibility index (Phi) is 2.52. The molecule has 0 N–H and O–H groups in total. The largest absolute Gasteiger partial charge is 0.438 e. The van der Waals surface area contributed by atoms with E-state index in [1.807, 2.05) is 25.1 Å². The summed E-state index contributed by atoms with van der Waals surface area (Å²) in [5.74, 6) is 0. The van der Waals surface area contributed by atoms with Gasteiger partial charge in [-0.3, -0.25) is 0 Å². The number of rotatable bonds is 2. The quantitative estimate of drug-likeness (QED) is 0.554. The van der Waals surface area contributed by atoms with Crippen LogP contribution in [0.15, 0.2) is 30.3 Å². The zero-order valence-corrected chi connectivity index (χ0v) is 6.37. The first-order valence-electron chi connectivity index (χ1n) is 3.42. The van der Waals surface area contributed by atoms with Gasteiger partial charge in [-0.1, -0.05) is 30.3 Å². The molecule has 1 aromatic rings. The van der Waals surface area contributed by atoms with E-state index in [0.29, 0.717) is 0 Å². The Hall–Kier alpha value is -0.755. The first-order chi connectivity index (χ1) is 4.84. The van der Waals surface area contributed by atoms with Crippen LogP contribution in [0, 0.1) is 0 Å². The van der Waals surface area contributed by atoms with Gasteiger partial charge in [0.1, 0.15) is 0 Å². The average molecular weight is 134 g/mol. The van der Waals surface area contributed by atoms with E-state index in [1.165, 1.54) is 5.56 Å². The van der Waals surface area contributed by atoms with Crippen molar-refractivity contribution in [2.75, 3.05) is 0 Å². The van der Waals surface area contributed by atoms with E-state index in [2.05, 4.69) is 12.1 Å². The van der Waals surface area contributed by atoms with E-state index in [-0.39, 0.29) is 6.10 Å². The molecule has 52 valence electrons. The van der Waals surface area contributed by atoms with Crippen molar-refractivity contribution in [2.24, 2.45) is 0 Å². The Balaban J connectivity index is 2.75. The van der Waals surface area contributed by atoms with Crippen molar-refractivity contribution in [3.05, 3.63) is 35.9 Å². The summed E-state index contributed by atoms with van der Waals surface area (Å²) < 4.78 is 5.14. The Morgan fingerprint density at radius 1 is 1.30 bits per heavy atom. The lowest BCUT2D eigenvalue weighted by Gasteiger charge is -2.08. The summed E-state index contributed by atoms with van der Waals surface area (Å²) in [4.78, 5) is 0. The van der Waals surface area contributed by atoms with Crippen molar-refractivity contribution >= 4 is 8.05 Å². The Bertz CT molecular complexity index is 186. The molecular formula is C8H11BO. The smallest absolute Gasteiger partial charge is 0.258 e. The van der Waals surface area contributed by atoms with Gasteiger partial charge < -0.3 is 4.65 Å². The molecule has 0 aromatic heterocycles. The molecule has 0 heterocycles. The standard InChI is InChI=1S/C8H11BO/c1-7(10-9)8-5-3-2-4-6-8/h2-7H,9H2,1H3/t7-/m1/s1. The summed E-state index contributed by atoms with van der Waals surface area (Å²) >= 11 is 0. The molecule has 0 bridgehead atoms. The van der Waals surface area contributed by atoms with E-state index in [0.717, 1.165) is 0 Å². The number of hydrogen-bond donors (Lipinski definition) is 0.